The van der Waals surface area contributed by atoms with Crippen molar-refractivity contribution < 1.29 is 19.4 Å². The summed E-state index contributed by atoms with van der Waals surface area (Å²) < 4.78 is 11.3. The van der Waals surface area contributed by atoms with Gasteiger partial charge in [-0.3, -0.25) is 9.78 Å². The Kier molecular flexibility index (Phi) is 5.44. The number of hydrogen-bond donors (Lipinski definition) is 1. The molecule has 2 heterocycles. The smallest absolute Gasteiger partial charge is 0.254 e. The van der Waals surface area contributed by atoms with E-state index in [1.165, 1.54) is 0 Å². The van der Waals surface area contributed by atoms with Crippen molar-refractivity contribution in [2.45, 2.75) is 6.10 Å². The van der Waals surface area contributed by atoms with Gasteiger partial charge in [-0.05, 0) is 48.0 Å². The zero-order chi connectivity index (χ0) is 20.2. The van der Waals surface area contributed by atoms with Crippen molar-refractivity contribution in [3.05, 3.63) is 78.0 Å². The molecule has 1 aliphatic heterocycles. The zero-order valence-corrected chi connectivity index (χ0v) is 16.1. The van der Waals surface area contributed by atoms with E-state index in [9.17, 15) is 9.90 Å². The van der Waals surface area contributed by atoms with Gasteiger partial charge in [-0.1, -0.05) is 18.2 Å². The molecule has 1 saturated heterocycles. The lowest BCUT2D eigenvalue weighted by molar-refractivity contribution is -0.0228. The zero-order valence-electron chi connectivity index (χ0n) is 16.1. The normalized spacial score (nSPS) is 16.4. The van der Waals surface area contributed by atoms with Crippen LogP contribution in [0.1, 0.15) is 22.0 Å². The fourth-order valence-electron chi connectivity index (χ4n) is 3.51. The van der Waals surface area contributed by atoms with Crippen LogP contribution in [-0.2, 0) is 4.74 Å². The van der Waals surface area contributed by atoms with Crippen molar-refractivity contribution in [2.24, 2.45) is 0 Å². The first-order valence-corrected chi connectivity index (χ1v) is 9.45. The molecule has 1 fully saturated rings. The van der Waals surface area contributed by atoms with Gasteiger partial charge in [0.15, 0.2) is 0 Å². The highest BCUT2D eigenvalue weighted by molar-refractivity contribution is 5.96. The van der Waals surface area contributed by atoms with E-state index in [2.05, 4.69) is 4.98 Å². The van der Waals surface area contributed by atoms with Crippen LogP contribution < -0.4 is 4.74 Å². The first kappa shape index (κ1) is 19.0. The van der Waals surface area contributed by atoms with Crippen LogP contribution in [0.15, 0.2) is 66.9 Å². The van der Waals surface area contributed by atoms with Crippen LogP contribution in [0.2, 0.25) is 0 Å². The van der Waals surface area contributed by atoms with Crippen molar-refractivity contribution in [1.29, 1.82) is 0 Å². The summed E-state index contributed by atoms with van der Waals surface area (Å²) in [6, 6.07) is 18.0. The molecule has 0 spiro atoms. The molecule has 0 saturated carbocycles. The number of amides is 1. The average molecular weight is 390 g/mol. The van der Waals surface area contributed by atoms with E-state index >= 15 is 0 Å². The Morgan fingerprint density at radius 1 is 1.17 bits per heavy atom. The maximum Gasteiger partial charge on any atom is 0.254 e. The quantitative estimate of drug-likeness (QED) is 0.736. The number of methoxy groups -OCH3 is 1. The molecular weight excluding hydrogens is 368 g/mol. The third kappa shape index (κ3) is 4.07. The summed E-state index contributed by atoms with van der Waals surface area (Å²) in [5.41, 5.74) is 2.95. The molecule has 6 nitrogen and oxygen atoms in total. The van der Waals surface area contributed by atoms with Gasteiger partial charge in [-0.2, -0.15) is 0 Å². The first-order valence-electron chi connectivity index (χ1n) is 9.45. The summed E-state index contributed by atoms with van der Waals surface area (Å²) in [5, 5.41) is 9.73. The predicted molar refractivity (Wildman–Crippen MR) is 109 cm³/mol. The molecule has 1 atom stereocenters. The summed E-state index contributed by atoms with van der Waals surface area (Å²) in [4.78, 5) is 19.3. The van der Waals surface area contributed by atoms with Gasteiger partial charge in [-0.25, -0.2) is 0 Å². The van der Waals surface area contributed by atoms with E-state index in [-0.39, 0.29) is 17.8 Å². The molecule has 6 heteroatoms. The molecule has 0 aliphatic carbocycles. The van der Waals surface area contributed by atoms with Crippen molar-refractivity contribution in [1.82, 2.24) is 9.88 Å². The van der Waals surface area contributed by atoms with Gasteiger partial charge < -0.3 is 19.5 Å². The first-order chi connectivity index (χ1) is 14.2. The Balaban J connectivity index is 1.59. The number of rotatable bonds is 4. The maximum absolute atomic E-state index is 13.2. The standard InChI is InChI=1S/C23H22N2O4/c1-28-21-9-8-17(14-19(21)20-7-2-3-10-24-20)23(27)25-11-12-29-22(15-25)16-5-4-6-18(26)13-16/h2-10,13-14,22,26H,11-12,15H2,1H3. The van der Waals surface area contributed by atoms with Crippen molar-refractivity contribution in [2.75, 3.05) is 26.8 Å². The van der Waals surface area contributed by atoms with Gasteiger partial charge in [0, 0.05) is 23.9 Å². The molecule has 2 aromatic carbocycles. The number of benzene rings is 2. The third-order valence-electron chi connectivity index (χ3n) is 4.98. The van der Waals surface area contributed by atoms with Crippen LogP contribution >= 0.6 is 0 Å². The van der Waals surface area contributed by atoms with Crippen LogP contribution in [0.5, 0.6) is 11.5 Å². The highest BCUT2D eigenvalue weighted by atomic mass is 16.5. The molecule has 148 valence electrons. The Morgan fingerprint density at radius 2 is 2.07 bits per heavy atom. The van der Waals surface area contributed by atoms with Crippen LogP contribution in [0.4, 0.5) is 0 Å². The minimum Gasteiger partial charge on any atom is -0.508 e. The second kappa shape index (κ2) is 8.32. The topological polar surface area (TPSA) is 71.9 Å². The fourth-order valence-corrected chi connectivity index (χ4v) is 3.51. The van der Waals surface area contributed by atoms with Gasteiger partial charge in [0.25, 0.3) is 5.91 Å². The van der Waals surface area contributed by atoms with Gasteiger partial charge >= 0.3 is 0 Å². The molecular formula is C23H22N2O4. The number of carbonyl (C=O) groups is 1. The Hall–Kier alpha value is -3.38. The number of nitrogens with zero attached hydrogens (tertiary/aromatic N) is 2. The van der Waals surface area contributed by atoms with E-state index in [0.29, 0.717) is 31.0 Å². The van der Waals surface area contributed by atoms with Crippen LogP contribution in [0.3, 0.4) is 0 Å². The van der Waals surface area contributed by atoms with E-state index in [1.54, 1.807) is 48.5 Å². The molecule has 1 unspecified atom stereocenters. The predicted octanol–water partition coefficient (Wildman–Crippen LogP) is 3.68. The summed E-state index contributed by atoms with van der Waals surface area (Å²) >= 11 is 0. The summed E-state index contributed by atoms with van der Waals surface area (Å²) in [6.45, 7) is 1.38. The molecule has 1 N–H and O–H groups in total. The van der Waals surface area contributed by atoms with Gasteiger partial charge in [-0.15, -0.1) is 0 Å². The molecule has 0 radical (unpaired) electrons. The van der Waals surface area contributed by atoms with Gasteiger partial charge in [0.1, 0.15) is 17.6 Å². The number of carbonyl (C=O) groups excluding carboxylic acids is 1. The van der Waals surface area contributed by atoms with Crippen molar-refractivity contribution in [3.63, 3.8) is 0 Å². The fraction of sp³-hybridized carbons (Fsp3) is 0.217. The number of morpholine rings is 1. The summed E-state index contributed by atoms with van der Waals surface area (Å²) in [6.07, 6.45) is 1.44. The number of ether oxygens (including phenoxy) is 2. The average Bonchev–Trinajstić information content (AvgIpc) is 2.79. The number of aromatic nitrogens is 1. The van der Waals surface area contributed by atoms with Crippen LogP contribution in [0.25, 0.3) is 11.3 Å². The van der Waals surface area contributed by atoms with Crippen molar-refractivity contribution in [3.8, 4) is 22.8 Å². The van der Waals surface area contributed by atoms with Crippen LogP contribution in [-0.4, -0.2) is 47.7 Å². The Morgan fingerprint density at radius 3 is 2.83 bits per heavy atom. The minimum atomic E-state index is -0.270. The number of phenols is 1. The number of hydrogen-bond acceptors (Lipinski definition) is 5. The number of pyridine rings is 1. The van der Waals surface area contributed by atoms with E-state index in [4.69, 9.17) is 9.47 Å². The van der Waals surface area contributed by atoms with E-state index in [0.717, 1.165) is 16.8 Å². The highest BCUT2D eigenvalue weighted by Crippen LogP contribution is 2.31. The largest absolute Gasteiger partial charge is 0.508 e. The highest BCUT2D eigenvalue weighted by Gasteiger charge is 2.27. The second-order valence-electron chi connectivity index (χ2n) is 6.84. The molecule has 1 aromatic heterocycles. The van der Waals surface area contributed by atoms with E-state index < -0.39 is 0 Å². The monoisotopic (exact) mass is 390 g/mol. The lowest BCUT2D eigenvalue weighted by atomic mass is 10.0. The second-order valence-corrected chi connectivity index (χ2v) is 6.84. The lowest BCUT2D eigenvalue weighted by Crippen LogP contribution is -2.42. The van der Waals surface area contributed by atoms with Crippen LogP contribution in [0, 0.1) is 0 Å². The molecule has 1 amide bonds. The summed E-state index contributed by atoms with van der Waals surface area (Å²) in [5.74, 6) is 0.780. The lowest BCUT2D eigenvalue weighted by Gasteiger charge is -2.33. The summed E-state index contributed by atoms with van der Waals surface area (Å²) in [7, 11) is 1.60. The minimum absolute atomic E-state index is 0.0710. The molecule has 29 heavy (non-hydrogen) atoms. The number of aromatic hydroxyl groups is 1. The molecule has 3 aromatic rings. The van der Waals surface area contributed by atoms with Gasteiger partial charge in [0.05, 0.1) is 26.0 Å². The Labute approximate surface area is 169 Å². The van der Waals surface area contributed by atoms with Crippen molar-refractivity contribution >= 4 is 5.91 Å². The van der Waals surface area contributed by atoms with E-state index in [1.807, 2.05) is 30.3 Å². The Bertz CT molecular complexity index is 1010. The number of phenolic OH excluding ortho intramolecular Hbond substituents is 1. The molecule has 0 bridgehead atoms. The SMILES string of the molecule is COc1ccc(C(=O)N2CCOC(c3cccc(O)c3)C2)cc1-c1ccccn1. The third-order valence-corrected chi connectivity index (χ3v) is 4.98. The molecule has 1 aliphatic rings. The maximum atomic E-state index is 13.2. The molecule has 4 rings (SSSR count). The van der Waals surface area contributed by atoms with Gasteiger partial charge in [0.2, 0.25) is 0 Å².